The smallest absolute Gasteiger partial charge is 0.226 e. The van der Waals surface area contributed by atoms with Gasteiger partial charge in [0, 0.05) is 31.2 Å². The van der Waals surface area contributed by atoms with Gasteiger partial charge in [-0.05, 0) is 49.1 Å². The van der Waals surface area contributed by atoms with Crippen LogP contribution in [0, 0.1) is 11.8 Å². The van der Waals surface area contributed by atoms with Crippen LogP contribution in [0.4, 0.5) is 0 Å². The third-order valence-corrected chi connectivity index (χ3v) is 5.63. The number of hydrogen-bond donors (Lipinski definition) is 0. The fraction of sp³-hybridized carbons (Fsp3) is 0.478. The van der Waals surface area contributed by atoms with Gasteiger partial charge in [-0.3, -0.25) is 9.78 Å². The van der Waals surface area contributed by atoms with Gasteiger partial charge in [0.15, 0.2) is 0 Å². The van der Waals surface area contributed by atoms with Crippen molar-refractivity contribution in [2.24, 2.45) is 11.8 Å². The highest BCUT2D eigenvalue weighted by molar-refractivity contribution is 5.79. The molecule has 0 bridgehead atoms. The van der Waals surface area contributed by atoms with Crippen molar-refractivity contribution in [2.45, 2.75) is 38.8 Å². The van der Waals surface area contributed by atoms with Crippen molar-refractivity contribution in [1.29, 1.82) is 0 Å². The zero-order valence-corrected chi connectivity index (χ0v) is 16.3. The molecule has 1 atom stereocenters. The van der Waals surface area contributed by atoms with Crippen molar-refractivity contribution in [1.82, 2.24) is 9.88 Å². The summed E-state index contributed by atoms with van der Waals surface area (Å²) in [6.45, 7) is 3.42. The molecule has 0 radical (unpaired) electrons. The van der Waals surface area contributed by atoms with Crippen LogP contribution in [0.25, 0.3) is 0 Å². The van der Waals surface area contributed by atoms with E-state index < -0.39 is 0 Å². The Morgan fingerprint density at radius 1 is 1.14 bits per heavy atom. The Kier molecular flexibility index (Phi) is 6.22. The average Bonchev–Trinajstić information content (AvgIpc) is 3.19. The van der Waals surface area contributed by atoms with Gasteiger partial charge >= 0.3 is 0 Å². The molecule has 2 fully saturated rings. The molecule has 28 heavy (non-hydrogen) atoms. The van der Waals surface area contributed by atoms with Gasteiger partial charge in [0.1, 0.15) is 5.75 Å². The van der Waals surface area contributed by atoms with E-state index in [9.17, 15) is 4.79 Å². The number of aromatic nitrogens is 1. The molecule has 4 rings (SSSR count). The minimum atomic E-state index is 0.172. The molecule has 148 valence electrons. The molecular weight excluding hydrogens is 352 g/mol. The predicted octanol–water partition coefficient (Wildman–Crippen LogP) is 3.83. The van der Waals surface area contributed by atoms with Crippen molar-refractivity contribution in [3.63, 3.8) is 0 Å². The van der Waals surface area contributed by atoms with E-state index in [1.165, 1.54) is 0 Å². The summed E-state index contributed by atoms with van der Waals surface area (Å²) in [7, 11) is 0. The largest absolute Gasteiger partial charge is 0.493 e. The van der Waals surface area contributed by atoms with Crippen LogP contribution in [0.5, 0.6) is 5.75 Å². The first-order valence-electron chi connectivity index (χ1n) is 10.3. The number of hydrogen-bond acceptors (Lipinski definition) is 4. The number of pyridine rings is 1. The number of carbonyl (C=O) groups excluding carboxylic acids is 1. The summed E-state index contributed by atoms with van der Waals surface area (Å²) in [5.74, 6) is 1.75. The zero-order chi connectivity index (χ0) is 19.2. The summed E-state index contributed by atoms with van der Waals surface area (Å²) in [5, 5.41) is 0. The molecule has 1 aliphatic heterocycles. The fourth-order valence-corrected chi connectivity index (χ4v) is 3.70. The average molecular weight is 380 g/mol. The lowest BCUT2D eigenvalue weighted by molar-refractivity contribution is -0.139. The second-order valence-corrected chi connectivity index (χ2v) is 7.83. The zero-order valence-electron chi connectivity index (χ0n) is 16.3. The summed E-state index contributed by atoms with van der Waals surface area (Å²) in [4.78, 5) is 19.3. The van der Waals surface area contributed by atoms with E-state index in [2.05, 4.69) is 17.1 Å². The third-order valence-electron chi connectivity index (χ3n) is 5.63. The molecule has 1 aromatic carbocycles. The molecule has 0 N–H and O–H groups in total. The maximum atomic E-state index is 13.0. The molecule has 0 spiro atoms. The van der Waals surface area contributed by atoms with Gasteiger partial charge in [0.2, 0.25) is 5.91 Å². The first-order chi connectivity index (χ1) is 13.8. The Bertz CT molecular complexity index is 770. The number of benzene rings is 1. The Morgan fingerprint density at radius 3 is 2.79 bits per heavy atom. The van der Waals surface area contributed by atoms with Gasteiger partial charge < -0.3 is 14.4 Å². The van der Waals surface area contributed by atoms with Gasteiger partial charge in [-0.15, -0.1) is 0 Å². The highest BCUT2D eigenvalue weighted by Crippen LogP contribution is 2.29. The van der Waals surface area contributed by atoms with Crippen molar-refractivity contribution < 1.29 is 14.3 Å². The Balaban J connectivity index is 1.43. The molecule has 5 heteroatoms. The maximum Gasteiger partial charge on any atom is 0.226 e. The van der Waals surface area contributed by atoms with E-state index in [1.807, 2.05) is 35.2 Å². The number of amides is 1. The van der Waals surface area contributed by atoms with Crippen molar-refractivity contribution >= 4 is 5.91 Å². The quantitative estimate of drug-likeness (QED) is 0.698. The summed E-state index contributed by atoms with van der Waals surface area (Å²) in [6.07, 6.45) is 6.01. The number of ether oxygens (including phenoxy) is 2. The fourth-order valence-electron chi connectivity index (χ4n) is 3.70. The molecule has 2 aromatic rings. The lowest BCUT2D eigenvalue weighted by atomic mass is 9.84. The van der Waals surface area contributed by atoms with Gasteiger partial charge in [-0.2, -0.15) is 0 Å². The Labute approximate surface area is 166 Å². The monoisotopic (exact) mass is 380 g/mol. The number of nitrogens with zero attached hydrogens (tertiary/aromatic N) is 2. The van der Waals surface area contributed by atoms with Crippen molar-refractivity contribution in [2.75, 3.05) is 19.8 Å². The molecule has 2 heterocycles. The summed E-state index contributed by atoms with van der Waals surface area (Å²) >= 11 is 0. The third kappa shape index (κ3) is 4.90. The normalized spacial score (nSPS) is 19.2. The minimum Gasteiger partial charge on any atom is -0.493 e. The molecule has 0 unspecified atom stereocenters. The van der Waals surface area contributed by atoms with Crippen LogP contribution < -0.4 is 4.74 Å². The van der Waals surface area contributed by atoms with Crippen LogP contribution in [0.15, 0.2) is 48.7 Å². The van der Waals surface area contributed by atoms with Crippen molar-refractivity contribution in [3.8, 4) is 5.75 Å². The van der Waals surface area contributed by atoms with Gasteiger partial charge in [-0.1, -0.05) is 24.6 Å². The van der Waals surface area contributed by atoms with E-state index in [1.54, 1.807) is 6.20 Å². The molecule has 5 nitrogen and oxygen atoms in total. The highest BCUT2D eigenvalue weighted by atomic mass is 16.5. The molecule has 1 aromatic heterocycles. The van der Waals surface area contributed by atoms with E-state index in [-0.39, 0.29) is 11.8 Å². The lowest BCUT2D eigenvalue weighted by Gasteiger charge is -2.31. The van der Waals surface area contributed by atoms with Crippen LogP contribution in [0.3, 0.4) is 0 Å². The second kappa shape index (κ2) is 9.20. The predicted molar refractivity (Wildman–Crippen MR) is 107 cm³/mol. The SMILES string of the molecule is O=C(C1CCC1)N(Cc1cccc(OC[C@@H]2CCOC2)c1)Cc1ccccn1. The van der Waals surface area contributed by atoms with E-state index in [0.29, 0.717) is 25.6 Å². The van der Waals surface area contributed by atoms with Crippen LogP contribution in [-0.4, -0.2) is 35.6 Å². The van der Waals surface area contributed by atoms with Gasteiger partial charge in [-0.25, -0.2) is 0 Å². The van der Waals surface area contributed by atoms with Gasteiger partial charge in [0.25, 0.3) is 0 Å². The Hall–Kier alpha value is -2.40. The molecule has 2 aliphatic rings. The first kappa shape index (κ1) is 18.9. The minimum absolute atomic E-state index is 0.172. The summed E-state index contributed by atoms with van der Waals surface area (Å²) in [5.41, 5.74) is 2.01. The number of carbonyl (C=O) groups is 1. The summed E-state index contributed by atoms with van der Waals surface area (Å²) in [6, 6.07) is 13.9. The van der Waals surface area contributed by atoms with Crippen LogP contribution in [-0.2, 0) is 22.6 Å². The van der Waals surface area contributed by atoms with Crippen molar-refractivity contribution in [3.05, 3.63) is 59.9 Å². The maximum absolute atomic E-state index is 13.0. The van der Waals surface area contributed by atoms with Crippen LogP contribution in [0.2, 0.25) is 0 Å². The van der Waals surface area contributed by atoms with Crippen LogP contribution >= 0.6 is 0 Å². The topological polar surface area (TPSA) is 51.7 Å². The second-order valence-electron chi connectivity index (χ2n) is 7.83. The van der Waals surface area contributed by atoms with Gasteiger partial charge in [0.05, 0.1) is 25.5 Å². The highest BCUT2D eigenvalue weighted by Gasteiger charge is 2.29. The standard InChI is InChI=1S/C23H28N2O3/c26-23(20-6-4-7-20)25(15-21-8-1-2-11-24-21)14-18-5-3-9-22(13-18)28-17-19-10-12-27-16-19/h1-3,5,8-9,11,13,19-20H,4,6-7,10,12,14-17H2/t19-/m1/s1. The van der Waals surface area contributed by atoms with E-state index in [0.717, 1.165) is 55.9 Å². The molecule has 1 aliphatic carbocycles. The Morgan fingerprint density at radius 2 is 2.07 bits per heavy atom. The molecule has 1 saturated carbocycles. The van der Waals surface area contributed by atoms with E-state index in [4.69, 9.17) is 9.47 Å². The first-order valence-corrected chi connectivity index (χ1v) is 10.3. The lowest BCUT2D eigenvalue weighted by Crippen LogP contribution is -2.38. The number of rotatable bonds is 8. The molecule has 1 saturated heterocycles. The molecule has 1 amide bonds. The van der Waals surface area contributed by atoms with E-state index >= 15 is 0 Å². The summed E-state index contributed by atoms with van der Waals surface area (Å²) < 4.78 is 11.4. The molecular formula is C23H28N2O3. The van der Waals surface area contributed by atoms with Crippen LogP contribution in [0.1, 0.15) is 36.9 Å².